The highest BCUT2D eigenvalue weighted by Gasteiger charge is 2.42. The molecule has 0 aliphatic carbocycles. The van der Waals surface area contributed by atoms with E-state index < -0.39 is 50.4 Å². The second kappa shape index (κ2) is 4.56. The van der Waals surface area contributed by atoms with Crippen molar-refractivity contribution in [1.82, 2.24) is 4.31 Å². The van der Waals surface area contributed by atoms with E-state index in [1.54, 1.807) is 0 Å². The summed E-state index contributed by atoms with van der Waals surface area (Å²) in [6.07, 6.45) is -0.541. The molecule has 1 aromatic carbocycles. The zero-order valence-electron chi connectivity index (χ0n) is 9.85. The van der Waals surface area contributed by atoms with E-state index in [1.165, 1.54) is 0 Å². The van der Waals surface area contributed by atoms with E-state index in [2.05, 4.69) is 0 Å². The lowest BCUT2D eigenvalue weighted by molar-refractivity contribution is -0.385. The van der Waals surface area contributed by atoms with Crippen molar-refractivity contribution in [2.24, 2.45) is 0 Å². The molecule has 1 aliphatic rings. The van der Waals surface area contributed by atoms with E-state index in [-0.39, 0.29) is 5.56 Å². The molecule has 0 radical (unpaired) electrons. The van der Waals surface area contributed by atoms with Crippen molar-refractivity contribution in [2.45, 2.75) is 11.3 Å². The van der Waals surface area contributed by atoms with Crippen LogP contribution >= 0.6 is 0 Å². The Balaban J connectivity index is 2.48. The number of carbonyl (C=O) groups is 2. The molecule has 20 heavy (non-hydrogen) atoms. The van der Waals surface area contributed by atoms with Gasteiger partial charge in [-0.05, 0) is 6.07 Å². The van der Waals surface area contributed by atoms with Gasteiger partial charge in [0, 0.05) is 18.7 Å². The predicted molar refractivity (Wildman–Crippen MR) is 63.6 cm³/mol. The summed E-state index contributed by atoms with van der Waals surface area (Å²) in [7, 11) is -4.23. The summed E-state index contributed by atoms with van der Waals surface area (Å²) in [4.78, 5) is 31.7. The van der Waals surface area contributed by atoms with Gasteiger partial charge in [-0.15, -0.1) is 0 Å². The van der Waals surface area contributed by atoms with Gasteiger partial charge in [-0.1, -0.05) is 0 Å². The highest BCUT2D eigenvalue weighted by atomic mass is 32.2. The minimum absolute atomic E-state index is 0.194. The van der Waals surface area contributed by atoms with Crippen LogP contribution in [0.5, 0.6) is 0 Å². The standard InChI is InChI=1S/C10H8N2O7S/c13-9(14)3-4-11-10(15)7-2-1-6(12(16)17)5-8(7)20(11,18)19/h1-2,5H,3-4H2,(H,13,14). The van der Waals surface area contributed by atoms with E-state index >= 15 is 0 Å². The van der Waals surface area contributed by atoms with Crippen molar-refractivity contribution in [3.05, 3.63) is 33.9 Å². The molecule has 1 aliphatic heterocycles. The number of carboxylic acids is 1. The Morgan fingerprint density at radius 2 is 2.05 bits per heavy atom. The molecule has 10 heteroatoms. The molecule has 106 valence electrons. The number of nitro groups is 1. The number of amides is 1. The summed E-state index contributed by atoms with van der Waals surface area (Å²) in [5, 5.41) is 19.2. The number of benzene rings is 1. The molecule has 9 nitrogen and oxygen atoms in total. The zero-order chi connectivity index (χ0) is 15.1. The van der Waals surface area contributed by atoms with E-state index in [9.17, 15) is 28.1 Å². The van der Waals surface area contributed by atoms with Gasteiger partial charge < -0.3 is 5.11 Å². The second-order valence-corrected chi connectivity index (χ2v) is 5.79. The van der Waals surface area contributed by atoms with Crippen LogP contribution in [-0.4, -0.2) is 41.2 Å². The van der Waals surface area contributed by atoms with E-state index in [1.807, 2.05) is 0 Å². The molecule has 1 aromatic rings. The topological polar surface area (TPSA) is 135 Å². The quantitative estimate of drug-likeness (QED) is 0.620. The largest absolute Gasteiger partial charge is 0.481 e. The Bertz CT molecular complexity index is 725. The summed E-state index contributed by atoms with van der Waals surface area (Å²) >= 11 is 0. The summed E-state index contributed by atoms with van der Waals surface area (Å²) in [5.74, 6) is -2.13. The highest BCUT2D eigenvalue weighted by molar-refractivity contribution is 7.90. The molecule has 0 aromatic heterocycles. The molecule has 1 amide bonds. The number of carboxylic acid groups (broad SMARTS) is 1. The van der Waals surface area contributed by atoms with Crippen LogP contribution in [-0.2, 0) is 14.8 Å². The van der Waals surface area contributed by atoms with Crippen LogP contribution in [0.3, 0.4) is 0 Å². The minimum Gasteiger partial charge on any atom is -0.481 e. The number of fused-ring (bicyclic) bond motifs is 1. The normalized spacial score (nSPS) is 16.0. The number of sulfonamides is 1. The number of aliphatic carboxylic acids is 1. The lowest BCUT2D eigenvalue weighted by Crippen LogP contribution is -2.32. The molecule has 0 atom stereocenters. The monoisotopic (exact) mass is 300 g/mol. The first-order valence-electron chi connectivity index (χ1n) is 5.32. The Labute approximate surface area is 112 Å². The predicted octanol–water partition coefficient (Wildman–Crippen LogP) is 0.214. The van der Waals surface area contributed by atoms with Crippen molar-refractivity contribution in [3.63, 3.8) is 0 Å². The molecule has 0 bridgehead atoms. The second-order valence-electron chi connectivity index (χ2n) is 3.96. The van der Waals surface area contributed by atoms with Gasteiger partial charge in [-0.3, -0.25) is 19.7 Å². The molecule has 0 spiro atoms. The van der Waals surface area contributed by atoms with Crippen molar-refractivity contribution in [3.8, 4) is 0 Å². The van der Waals surface area contributed by atoms with Gasteiger partial charge in [0.25, 0.3) is 21.6 Å². The molecule has 0 saturated heterocycles. The summed E-state index contributed by atoms with van der Waals surface area (Å²) in [6.45, 7) is -0.515. The maximum Gasteiger partial charge on any atom is 0.305 e. The van der Waals surface area contributed by atoms with E-state index in [0.717, 1.165) is 18.2 Å². The minimum atomic E-state index is -4.23. The molecule has 0 saturated carbocycles. The van der Waals surface area contributed by atoms with Crippen LogP contribution in [0.15, 0.2) is 23.1 Å². The van der Waals surface area contributed by atoms with Crippen molar-refractivity contribution in [1.29, 1.82) is 0 Å². The van der Waals surface area contributed by atoms with Gasteiger partial charge in [0.05, 0.1) is 16.9 Å². The third kappa shape index (κ3) is 2.09. The Kier molecular flexibility index (Phi) is 3.18. The number of non-ortho nitro benzene ring substituents is 1. The number of hydrogen-bond donors (Lipinski definition) is 1. The third-order valence-corrected chi connectivity index (χ3v) is 4.55. The first-order valence-corrected chi connectivity index (χ1v) is 6.76. The van der Waals surface area contributed by atoms with E-state index in [0.29, 0.717) is 4.31 Å². The van der Waals surface area contributed by atoms with Gasteiger partial charge in [-0.25, -0.2) is 12.7 Å². The first kappa shape index (κ1) is 13.9. The average molecular weight is 300 g/mol. The van der Waals surface area contributed by atoms with Crippen LogP contribution < -0.4 is 0 Å². The number of nitrogens with zero attached hydrogens (tertiary/aromatic N) is 2. The number of nitro benzene ring substituents is 1. The van der Waals surface area contributed by atoms with E-state index in [4.69, 9.17) is 5.11 Å². The number of rotatable bonds is 4. The van der Waals surface area contributed by atoms with Crippen LogP contribution in [0.4, 0.5) is 5.69 Å². The fraction of sp³-hybridized carbons (Fsp3) is 0.200. The van der Waals surface area contributed by atoms with Crippen LogP contribution in [0, 0.1) is 10.1 Å². The molecule has 1 N–H and O–H groups in total. The first-order chi connectivity index (χ1) is 9.25. The molecule has 0 fully saturated rings. The molecule has 1 heterocycles. The summed E-state index contributed by atoms with van der Waals surface area (Å²) < 4.78 is 24.6. The number of carbonyl (C=O) groups excluding carboxylic acids is 1. The SMILES string of the molecule is O=C(O)CCN1C(=O)c2ccc([N+](=O)[O-])cc2S1(=O)=O. The lowest BCUT2D eigenvalue weighted by atomic mass is 10.2. The smallest absolute Gasteiger partial charge is 0.305 e. The van der Waals surface area contributed by atoms with Gasteiger partial charge in [-0.2, -0.15) is 0 Å². The van der Waals surface area contributed by atoms with Crippen molar-refractivity contribution >= 4 is 27.6 Å². The third-order valence-electron chi connectivity index (χ3n) is 2.73. The Hall–Kier alpha value is -2.49. The van der Waals surface area contributed by atoms with Crippen LogP contribution in [0.2, 0.25) is 0 Å². The fourth-order valence-electron chi connectivity index (χ4n) is 1.80. The molecule has 2 rings (SSSR count). The van der Waals surface area contributed by atoms with Crippen LogP contribution in [0.1, 0.15) is 16.8 Å². The van der Waals surface area contributed by atoms with Gasteiger partial charge in [0.1, 0.15) is 4.90 Å². The van der Waals surface area contributed by atoms with Gasteiger partial charge in [0.2, 0.25) is 0 Å². The maximum absolute atomic E-state index is 12.1. The van der Waals surface area contributed by atoms with Crippen molar-refractivity contribution in [2.75, 3.05) is 6.54 Å². The molecular weight excluding hydrogens is 292 g/mol. The summed E-state index contributed by atoms with van der Waals surface area (Å²) in [5.41, 5.74) is -0.652. The average Bonchev–Trinajstić information content (AvgIpc) is 2.55. The maximum atomic E-state index is 12.1. The fourth-order valence-corrected chi connectivity index (χ4v) is 3.38. The zero-order valence-corrected chi connectivity index (χ0v) is 10.7. The summed E-state index contributed by atoms with van der Waals surface area (Å²) in [6, 6.07) is 2.87. The van der Waals surface area contributed by atoms with Crippen LogP contribution in [0.25, 0.3) is 0 Å². The lowest BCUT2D eigenvalue weighted by Gasteiger charge is -2.13. The highest BCUT2D eigenvalue weighted by Crippen LogP contribution is 2.32. The Morgan fingerprint density at radius 1 is 1.40 bits per heavy atom. The molecule has 0 unspecified atom stereocenters. The molecular formula is C10H8N2O7S. The van der Waals surface area contributed by atoms with Crippen molar-refractivity contribution < 1.29 is 28.0 Å². The van der Waals surface area contributed by atoms with Gasteiger partial charge in [0.15, 0.2) is 0 Å². The Morgan fingerprint density at radius 3 is 2.60 bits per heavy atom. The number of hydrogen-bond acceptors (Lipinski definition) is 6. The van der Waals surface area contributed by atoms with Gasteiger partial charge >= 0.3 is 5.97 Å².